The Morgan fingerprint density at radius 2 is 2.08 bits per heavy atom. The van der Waals surface area contributed by atoms with Crippen LogP contribution in [0.15, 0.2) is 34.9 Å². The van der Waals surface area contributed by atoms with Gasteiger partial charge in [-0.25, -0.2) is 0 Å². The van der Waals surface area contributed by atoms with Crippen molar-refractivity contribution in [2.75, 3.05) is 6.54 Å². The third-order valence-corrected chi connectivity index (χ3v) is 4.13. The molecule has 0 radical (unpaired) electrons. The number of rotatable bonds is 6. The molecule has 2 aromatic rings. The third-order valence-electron chi connectivity index (χ3n) is 3.64. The highest BCUT2D eigenvalue weighted by atomic mass is 79.9. The van der Waals surface area contributed by atoms with Crippen LogP contribution in [0, 0.1) is 6.92 Å². The first-order valence-corrected chi connectivity index (χ1v) is 8.38. The molecule has 6 nitrogen and oxygen atoms in total. The molecule has 0 bridgehead atoms. The van der Waals surface area contributed by atoms with E-state index in [1.54, 1.807) is 4.68 Å². The van der Waals surface area contributed by atoms with Crippen LogP contribution in [-0.2, 0) is 11.3 Å². The zero-order valence-electron chi connectivity index (χ0n) is 13.9. The Balaban J connectivity index is 2.30. The predicted octanol–water partition coefficient (Wildman–Crippen LogP) is 3.26. The van der Waals surface area contributed by atoms with E-state index in [-0.39, 0.29) is 25.0 Å². The Morgan fingerprint density at radius 1 is 1.38 bits per heavy atom. The third kappa shape index (κ3) is 4.23. The number of hydrogen-bond acceptors (Lipinski definition) is 3. The maximum absolute atomic E-state index is 12.8. The Morgan fingerprint density at radius 3 is 2.62 bits per heavy atom. The van der Waals surface area contributed by atoms with Gasteiger partial charge in [-0.1, -0.05) is 28.1 Å². The van der Waals surface area contributed by atoms with E-state index in [9.17, 15) is 9.59 Å². The summed E-state index contributed by atoms with van der Waals surface area (Å²) in [6, 6.07) is 7.59. The van der Waals surface area contributed by atoms with Gasteiger partial charge in [0.05, 0.1) is 11.8 Å². The van der Waals surface area contributed by atoms with E-state index in [1.165, 1.54) is 11.1 Å². The molecule has 1 N–H and O–H groups in total. The van der Waals surface area contributed by atoms with E-state index in [0.29, 0.717) is 5.56 Å². The molecule has 0 aliphatic rings. The standard InChI is InChI=1S/C17H20BrN3O3/c1-11(2)21-12(3)15(8-19-21)17(24)20(10-16(22)23)9-13-5-4-6-14(18)7-13/h4-8,11H,9-10H2,1-3H3,(H,22,23). The van der Waals surface area contributed by atoms with Crippen molar-refractivity contribution < 1.29 is 14.7 Å². The van der Waals surface area contributed by atoms with Gasteiger partial charge >= 0.3 is 5.97 Å². The van der Waals surface area contributed by atoms with Crippen LogP contribution >= 0.6 is 15.9 Å². The molecule has 1 amide bonds. The van der Waals surface area contributed by atoms with Crippen molar-refractivity contribution in [2.24, 2.45) is 0 Å². The van der Waals surface area contributed by atoms with Crippen molar-refractivity contribution in [1.82, 2.24) is 14.7 Å². The SMILES string of the molecule is Cc1c(C(=O)N(CC(=O)O)Cc2cccc(Br)c2)cnn1C(C)C. The molecular weight excluding hydrogens is 374 g/mol. The van der Waals surface area contributed by atoms with E-state index < -0.39 is 5.97 Å². The average Bonchev–Trinajstić information content (AvgIpc) is 2.87. The number of aliphatic carboxylic acids is 1. The Kier molecular flexibility index (Phi) is 5.77. The molecule has 0 aliphatic heterocycles. The number of amides is 1. The number of aromatic nitrogens is 2. The minimum atomic E-state index is -1.05. The van der Waals surface area contributed by atoms with Crippen molar-refractivity contribution in [1.29, 1.82) is 0 Å². The maximum atomic E-state index is 12.8. The second-order valence-corrected chi connectivity index (χ2v) is 6.78. The number of carboxylic acids is 1. The number of carbonyl (C=O) groups is 2. The topological polar surface area (TPSA) is 75.4 Å². The monoisotopic (exact) mass is 393 g/mol. The lowest BCUT2D eigenvalue weighted by atomic mass is 10.1. The predicted molar refractivity (Wildman–Crippen MR) is 93.9 cm³/mol. The van der Waals surface area contributed by atoms with Gasteiger partial charge in [0.15, 0.2) is 0 Å². The van der Waals surface area contributed by atoms with Gasteiger partial charge in [0.1, 0.15) is 6.54 Å². The molecule has 0 spiro atoms. The van der Waals surface area contributed by atoms with Gasteiger partial charge in [0.2, 0.25) is 0 Å². The van der Waals surface area contributed by atoms with Crippen molar-refractivity contribution in [3.05, 3.63) is 51.8 Å². The first kappa shape index (κ1) is 18.2. The summed E-state index contributed by atoms with van der Waals surface area (Å²) in [4.78, 5) is 25.3. The molecule has 0 atom stereocenters. The van der Waals surface area contributed by atoms with Gasteiger partial charge in [-0.15, -0.1) is 0 Å². The second-order valence-electron chi connectivity index (χ2n) is 5.87. The smallest absolute Gasteiger partial charge is 0.323 e. The first-order chi connectivity index (χ1) is 11.3. The van der Waals surface area contributed by atoms with E-state index >= 15 is 0 Å². The number of hydrogen-bond donors (Lipinski definition) is 1. The highest BCUT2D eigenvalue weighted by molar-refractivity contribution is 9.10. The quantitative estimate of drug-likeness (QED) is 0.816. The minimum absolute atomic E-state index is 0.129. The molecule has 0 saturated carbocycles. The molecule has 0 fully saturated rings. The number of nitrogens with zero attached hydrogens (tertiary/aromatic N) is 3. The highest BCUT2D eigenvalue weighted by Gasteiger charge is 2.23. The summed E-state index contributed by atoms with van der Waals surface area (Å²) in [5.41, 5.74) is 2.02. The number of carboxylic acid groups (broad SMARTS) is 1. The van der Waals surface area contributed by atoms with E-state index in [4.69, 9.17) is 5.11 Å². The molecular formula is C17H20BrN3O3. The lowest BCUT2D eigenvalue weighted by Gasteiger charge is -2.21. The van der Waals surface area contributed by atoms with Crippen LogP contribution in [0.25, 0.3) is 0 Å². The average molecular weight is 394 g/mol. The molecule has 128 valence electrons. The molecule has 0 aliphatic carbocycles. The molecule has 7 heteroatoms. The lowest BCUT2D eigenvalue weighted by Crippen LogP contribution is -2.35. The van der Waals surface area contributed by atoms with Gasteiger partial charge in [-0.2, -0.15) is 5.10 Å². The van der Waals surface area contributed by atoms with Gasteiger partial charge in [0.25, 0.3) is 5.91 Å². The summed E-state index contributed by atoms with van der Waals surface area (Å²) < 4.78 is 2.64. The van der Waals surface area contributed by atoms with Gasteiger partial charge < -0.3 is 10.0 Å². The summed E-state index contributed by atoms with van der Waals surface area (Å²) >= 11 is 3.38. The van der Waals surface area contributed by atoms with E-state index in [2.05, 4.69) is 21.0 Å². The lowest BCUT2D eigenvalue weighted by molar-refractivity contribution is -0.137. The molecule has 1 heterocycles. The van der Waals surface area contributed by atoms with Crippen LogP contribution in [0.1, 0.15) is 41.5 Å². The van der Waals surface area contributed by atoms with Gasteiger partial charge in [0, 0.05) is 22.8 Å². The van der Waals surface area contributed by atoms with Crippen molar-refractivity contribution in [3.8, 4) is 0 Å². The minimum Gasteiger partial charge on any atom is -0.480 e. The molecule has 2 rings (SSSR count). The largest absolute Gasteiger partial charge is 0.480 e. The Labute approximate surface area is 149 Å². The second kappa shape index (κ2) is 7.61. The summed E-state index contributed by atoms with van der Waals surface area (Å²) in [5.74, 6) is -1.38. The van der Waals surface area contributed by atoms with Crippen LogP contribution < -0.4 is 0 Å². The molecule has 0 saturated heterocycles. The number of halogens is 1. The fourth-order valence-electron chi connectivity index (χ4n) is 2.54. The summed E-state index contributed by atoms with van der Waals surface area (Å²) in [5, 5.41) is 13.4. The fourth-order valence-corrected chi connectivity index (χ4v) is 2.99. The number of carbonyl (C=O) groups excluding carboxylic acids is 1. The Bertz CT molecular complexity index is 755. The van der Waals surface area contributed by atoms with Crippen LogP contribution in [0.4, 0.5) is 0 Å². The van der Waals surface area contributed by atoms with Gasteiger partial charge in [-0.3, -0.25) is 14.3 Å². The molecule has 0 unspecified atom stereocenters. The molecule has 24 heavy (non-hydrogen) atoms. The molecule has 1 aromatic heterocycles. The van der Waals surface area contributed by atoms with Crippen molar-refractivity contribution >= 4 is 27.8 Å². The van der Waals surface area contributed by atoms with Crippen molar-refractivity contribution in [2.45, 2.75) is 33.4 Å². The van der Waals surface area contributed by atoms with Crippen molar-refractivity contribution in [3.63, 3.8) is 0 Å². The highest BCUT2D eigenvalue weighted by Crippen LogP contribution is 2.18. The zero-order valence-corrected chi connectivity index (χ0v) is 15.4. The Hall–Kier alpha value is -2.15. The normalized spacial score (nSPS) is 10.9. The van der Waals surface area contributed by atoms with E-state index in [0.717, 1.165) is 15.7 Å². The van der Waals surface area contributed by atoms with Gasteiger partial charge in [-0.05, 0) is 38.5 Å². The fraction of sp³-hybridized carbons (Fsp3) is 0.353. The van der Waals surface area contributed by atoms with Crippen LogP contribution in [-0.4, -0.2) is 38.2 Å². The summed E-state index contributed by atoms with van der Waals surface area (Å²) in [6.07, 6.45) is 1.51. The molecule has 1 aromatic carbocycles. The zero-order chi connectivity index (χ0) is 17.9. The summed E-state index contributed by atoms with van der Waals surface area (Å²) in [7, 11) is 0. The van der Waals surface area contributed by atoms with Crippen LogP contribution in [0.5, 0.6) is 0 Å². The first-order valence-electron chi connectivity index (χ1n) is 7.59. The maximum Gasteiger partial charge on any atom is 0.323 e. The number of benzene rings is 1. The van der Waals surface area contributed by atoms with Crippen LogP contribution in [0.3, 0.4) is 0 Å². The van der Waals surface area contributed by atoms with E-state index in [1.807, 2.05) is 45.0 Å². The summed E-state index contributed by atoms with van der Waals surface area (Å²) in [6.45, 7) is 5.63. The van der Waals surface area contributed by atoms with Crippen LogP contribution in [0.2, 0.25) is 0 Å².